The van der Waals surface area contributed by atoms with Crippen LogP contribution < -0.4 is 5.32 Å². The Morgan fingerprint density at radius 2 is 2.12 bits per heavy atom. The van der Waals surface area contributed by atoms with Crippen LogP contribution >= 0.6 is 11.6 Å². The molecule has 1 saturated heterocycles. The van der Waals surface area contributed by atoms with Crippen LogP contribution in [-0.4, -0.2) is 45.9 Å². The summed E-state index contributed by atoms with van der Waals surface area (Å²) in [6, 6.07) is 9.41. The highest BCUT2D eigenvalue weighted by Crippen LogP contribution is 2.16. The average molecular weight is 361 g/mol. The fourth-order valence-corrected chi connectivity index (χ4v) is 3.17. The summed E-state index contributed by atoms with van der Waals surface area (Å²) >= 11 is 5.92. The first-order chi connectivity index (χ1) is 12.0. The van der Waals surface area contributed by atoms with Gasteiger partial charge in [-0.3, -0.25) is 19.6 Å². The van der Waals surface area contributed by atoms with Gasteiger partial charge in [0.1, 0.15) is 11.4 Å². The minimum atomic E-state index is -0.224. The van der Waals surface area contributed by atoms with E-state index in [4.69, 9.17) is 11.6 Å². The molecule has 1 aromatic heterocycles. The summed E-state index contributed by atoms with van der Waals surface area (Å²) in [5, 5.41) is 10.2. The van der Waals surface area contributed by atoms with Crippen molar-refractivity contribution in [2.45, 2.75) is 32.4 Å². The van der Waals surface area contributed by atoms with Gasteiger partial charge < -0.3 is 5.32 Å². The van der Waals surface area contributed by atoms with E-state index < -0.39 is 0 Å². The lowest BCUT2D eigenvalue weighted by molar-refractivity contribution is 0.0895. The molecule has 0 spiro atoms. The second-order valence-electron chi connectivity index (χ2n) is 6.40. The van der Waals surface area contributed by atoms with Gasteiger partial charge in [0.2, 0.25) is 0 Å². The van der Waals surface area contributed by atoms with Crippen molar-refractivity contribution < 1.29 is 9.59 Å². The van der Waals surface area contributed by atoms with Crippen molar-refractivity contribution >= 4 is 23.3 Å². The molecule has 1 aromatic carbocycles. The summed E-state index contributed by atoms with van der Waals surface area (Å²) < 4.78 is 0. The summed E-state index contributed by atoms with van der Waals surface area (Å²) in [4.78, 5) is 25.9. The number of nitrogens with zero attached hydrogens (tertiary/aromatic N) is 2. The third kappa shape index (κ3) is 4.67. The third-order valence-corrected chi connectivity index (χ3v) is 4.60. The van der Waals surface area contributed by atoms with Gasteiger partial charge >= 0.3 is 0 Å². The van der Waals surface area contributed by atoms with Gasteiger partial charge in [0.15, 0.2) is 5.78 Å². The molecule has 1 amide bonds. The van der Waals surface area contributed by atoms with Crippen molar-refractivity contribution in [3.8, 4) is 0 Å². The Kier molecular flexibility index (Phi) is 5.50. The first kappa shape index (κ1) is 17.6. The lowest BCUT2D eigenvalue weighted by atomic mass is 10.0. The Labute approximate surface area is 151 Å². The topological polar surface area (TPSA) is 78.1 Å². The highest BCUT2D eigenvalue weighted by molar-refractivity contribution is 6.30. The zero-order chi connectivity index (χ0) is 17.8. The van der Waals surface area contributed by atoms with Gasteiger partial charge in [-0.05, 0) is 43.1 Å². The van der Waals surface area contributed by atoms with Gasteiger partial charge in [0.05, 0.1) is 0 Å². The number of halogens is 1. The fourth-order valence-electron chi connectivity index (χ4n) is 3.05. The van der Waals surface area contributed by atoms with Crippen LogP contribution in [0.4, 0.5) is 0 Å². The summed E-state index contributed by atoms with van der Waals surface area (Å²) in [5.74, 6) is -0.388. The van der Waals surface area contributed by atoms with Crippen molar-refractivity contribution in [1.82, 2.24) is 20.4 Å². The van der Waals surface area contributed by atoms with E-state index in [1.165, 1.54) is 18.6 Å². The third-order valence-electron chi connectivity index (χ3n) is 4.34. The molecule has 3 rings (SSSR count). The molecule has 1 atom stereocenters. The van der Waals surface area contributed by atoms with Gasteiger partial charge in [0.25, 0.3) is 5.91 Å². The molecule has 7 heteroatoms. The lowest BCUT2D eigenvalue weighted by Crippen LogP contribution is -2.47. The molecule has 6 nitrogen and oxygen atoms in total. The SMILES string of the molecule is CC(=O)c1cc(C(=O)N[C@H]2CCCN(Cc3ccc(Cl)cc3)C2)[nH]n1. The Bertz CT molecular complexity index is 757. The quantitative estimate of drug-likeness (QED) is 0.803. The van der Waals surface area contributed by atoms with Crippen LogP contribution in [0.1, 0.15) is 46.3 Å². The monoisotopic (exact) mass is 360 g/mol. The number of hydrogen-bond donors (Lipinski definition) is 2. The number of likely N-dealkylation sites (tertiary alicyclic amines) is 1. The number of Topliss-reactive ketones (excluding diaryl/α,β-unsaturated/α-hetero) is 1. The summed E-state index contributed by atoms with van der Waals surface area (Å²) in [6.07, 6.45) is 1.97. The highest BCUT2D eigenvalue weighted by Gasteiger charge is 2.23. The van der Waals surface area contributed by atoms with Crippen LogP contribution in [0.5, 0.6) is 0 Å². The van der Waals surface area contributed by atoms with E-state index in [0.29, 0.717) is 5.69 Å². The number of hydrogen-bond acceptors (Lipinski definition) is 4. The van der Waals surface area contributed by atoms with Crippen molar-refractivity contribution in [1.29, 1.82) is 0 Å². The van der Waals surface area contributed by atoms with E-state index in [-0.39, 0.29) is 23.4 Å². The van der Waals surface area contributed by atoms with Gasteiger partial charge in [-0.2, -0.15) is 5.10 Å². The predicted octanol–water partition coefficient (Wildman–Crippen LogP) is 2.66. The minimum absolute atomic E-state index is 0.0811. The second-order valence-corrected chi connectivity index (χ2v) is 6.83. The predicted molar refractivity (Wildman–Crippen MR) is 95.8 cm³/mol. The Morgan fingerprint density at radius 3 is 2.80 bits per heavy atom. The molecule has 132 valence electrons. The largest absolute Gasteiger partial charge is 0.347 e. The maximum atomic E-state index is 12.3. The molecule has 2 heterocycles. The van der Waals surface area contributed by atoms with E-state index in [1.54, 1.807) is 0 Å². The number of carbonyl (C=O) groups excluding carboxylic acids is 2. The first-order valence-corrected chi connectivity index (χ1v) is 8.73. The van der Waals surface area contributed by atoms with E-state index in [9.17, 15) is 9.59 Å². The number of aromatic amines is 1. The normalized spacial score (nSPS) is 18.1. The molecule has 25 heavy (non-hydrogen) atoms. The standard InChI is InChI=1S/C18H21ClN4O2/c1-12(24)16-9-17(22-21-16)18(25)20-15-3-2-8-23(11-15)10-13-4-6-14(19)7-5-13/h4-7,9,15H,2-3,8,10-11H2,1H3,(H,20,25)(H,21,22)/t15-/m0/s1. The highest BCUT2D eigenvalue weighted by atomic mass is 35.5. The summed E-state index contributed by atoms with van der Waals surface area (Å²) in [5.41, 5.74) is 1.80. The molecule has 2 aromatic rings. The van der Waals surface area contributed by atoms with Crippen molar-refractivity contribution in [3.63, 3.8) is 0 Å². The Balaban J connectivity index is 1.56. The molecule has 1 fully saturated rings. The van der Waals surface area contributed by atoms with Crippen molar-refractivity contribution in [3.05, 3.63) is 52.3 Å². The Hall–Kier alpha value is -2.18. The number of rotatable bonds is 5. The average Bonchev–Trinajstić information content (AvgIpc) is 3.08. The zero-order valence-corrected chi connectivity index (χ0v) is 14.8. The molecular formula is C18H21ClN4O2. The van der Waals surface area contributed by atoms with E-state index >= 15 is 0 Å². The molecule has 1 aliphatic rings. The van der Waals surface area contributed by atoms with Crippen molar-refractivity contribution in [2.75, 3.05) is 13.1 Å². The molecule has 1 aliphatic heterocycles. The van der Waals surface area contributed by atoms with E-state index in [0.717, 1.165) is 37.5 Å². The minimum Gasteiger partial charge on any atom is -0.347 e. The number of aromatic nitrogens is 2. The fraction of sp³-hybridized carbons (Fsp3) is 0.389. The van der Waals surface area contributed by atoms with Crippen LogP contribution in [0.15, 0.2) is 30.3 Å². The van der Waals surface area contributed by atoms with Crippen LogP contribution in [0.3, 0.4) is 0 Å². The molecule has 0 radical (unpaired) electrons. The number of benzene rings is 1. The number of ketones is 1. The number of piperidine rings is 1. The van der Waals surface area contributed by atoms with Crippen molar-refractivity contribution in [2.24, 2.45) is 0 Å². The maximum absolute atomic E-state index is 12.3. The summed E-state index contributed by atoms with van der Waals surface area (Å²) in [6.45, 7) is 4.06. The van der Waals surface area contributed by atoms with Crippen LogP contribution in [0.25, 0.3) is 0 Å². The molecule has 0 saturated carbocycles. The van der Waals surface area contributed by atoms with E-state index in [1.807, 2.05) is 24.3 Å². The first-order valence-electron chi connectivity index (χ1n) is 8.35. The molecule has 0 aliphatic carbocycles. The number of amides is 1. The molecular weight excluding hydrogens is 340 g/mol. The van der Waals surface area contributed by atoms with Crippen LogP contribution in [-0.2, 0) is 6.54 Å². The van der Waals surface area contributed by atoms with Crippen LogP contribution in [0.2, 0.25) is 5.02 Å². The number of carbonyl (C=O) groups is 2. The van der Waals surface area contributed by atoms with Gasteiger partial charge in [-0.15, -0.1) is 0 Å². The molecule has 0 unspecified atom stereocenters. The maximum Gasteiger partial charge on any atom is 0.269 e. The van der Waals surface area contributed by atoms with Gasteiger partial charge in [-0.25, -0.2) is 0 Å². The van der Waals surface area contributed by atoms with E-state index in [2.05, 4.69) is 20.4 Å². The van der Waals surface area contributed by atoms with Crippen LogP contribution in [0, 0.1) is 0 Å². The Morgan fingerprint density at radius 1 is 1.36 bits per heavy atom. The number of nitrogens with one attached hydrogen (secondary N) is 2. The number of H-pyrrole nitrogens is 1. The molecule has 0 bridgehead atoms. The zero-order valence-electron chi connectivity index (χ0n) is 14.1. The molecule has 2 N–H and O–H groups in total. The van der Waals surface area contributed by atoms with Gasteiger partial charge in [0, 0.05) is 31.1 Å². The smallest absolute Gasteiger partial charge is 0.269 e. The van der Waals surface area contributed by atoms with Gasteiger partial charge in [-0.1, -0.05) is 23.7 Å². The second kappa shape index (κ2) is 7.80. The lowest BCUT2D eigenvalue weighted by Gasteiger charge is -2.33. The summed E-state index contributed by atoms with van der Waals surface area (Å²) in [7, 11) is 0.